The van der Waals surface area contributed by atoms with E-state index in [0.29, 0.717) is 22.8 Å². The highest BCUT2D eigenvalue weighted by Gasteiger charge is 2.42. The van der Waals surface area contributed by atoms with Crippen LogP contribution in [-0.4, -0.2) is 32.0 Å². The van der Waals surface area contributed by atoms with E-state index in [1.807, 2.05) is 30.3 Å². The van der Waals surface area contributed by atoms with Crippen molar-refractivity contribution in [3.63, 3.8) is 0 Å². The third-order valence-corrected chi connectivity index (χ3v) is 6.94. The molecule has 2 aliphatic heterocycles. The number of para-hydroxylation sites is 1. The van der Waals surface area contributed by atoms with Crippen LogP contribution in [0.2, 0.25) is 5.02 Å². The number of rotatable bonds is 4. The number of pyridine rings is 1. The minimum absolute atomic E-state index is 0.131. The standard InChI is InChI=1S/C24H15ClN4O3S2/c25-16-9-7-14(8-10-16)13-28-18-6-2-1-5-17(18)19(22(28)31)20-23(32)29(24(33)34-20)27-21(30)15-4-3-11-26-12-15/h1-12H,13H2,(H,27,30). The molecule has 5 rings (SSSR count). The maximum Gasteiger partial charge on any atom is 0.286 e. The Morgan fingerprint density at radius 2 is 1.79 bits per heavy atom. The topological polar surface area (TPSA) is 82.6 Å². The van der Waals surface area contributed by atoms with Crippen LogP contribution in [0.25, 0.3) is 5.57 Å². The Morgan fingerprint density at radius 3 is 2.53 bits per heavy atom. The molecule has 1 saturated heterocycles. The summed E-state index contributed by atoms with van der Waals surface area (Å²) < 4.78 is 0.131. The van der Waals surface area contributed by atoms with Crippen molar-refractivity contribution < 1.29 is 14.4 Å². The number of halogens is 1. The van der Waals surface area contributed by atoms with Crippen LogP contribution < -0.4 is 10.3 Å². The summed E-state index contributed by atoms with van der Waals surface area (Å²) in [7, 11) is 0. The molecule has 1 N–H and O–H groups in total. The number of amides is 3. The van der Waals surface area contributed by atoms with Gasteiger partial charge >= 0.3 is 0 Å². The number of hydrogen-bond acceptors (Lipinski definition) is 6. The summed E-state index contributed by atoms with van der Waals surface area (Å²) in [5.41, 5.74) is 5.29. The Balaban J connectivity index is 1.48. The highest BCUT2D eigenvalue weighted by Crippen LogP contribution is 2.44. The number of hydrazine groups is 1. The van der Waals surface area contributed by atoms with Gasteiger partial charge in [0.15, 0.2) is 4.32 Å². The van der Waals surface area contributed by atoms with E-state index < -0.39 is 11.8 Å². The summed E-state index contributed by atoms with van der Waals surface area (Å²) >= 11 is 12.3. The second-order valence-corrected chi connectivity index (χ2v) is 9.51. The predicted octanol–water partition coefficient (Wildman–Crippen LogP) is 4.20. The number of benzene rings is 2. The molecular weight excluding hydrogens is 492 g/mol. The highest BCUT2D eigenvalue weighted by atomic mass is 35.5. The van der Waals surface area contributed by atoms with Gasteiger partial charge < -0.3 is 4.90 Å². The monoisotopic (exact) mass is 506 g/mol. The van der Waals surface area contributed by atoms with Crippen molar-refractivity contribution in [2.45, 2.75) is 6.54 Å². The second-order valence-electron chi connectivity index (χ2n) is 7.43. The number of anilines is 1. The average Bonchev–Trinajstić information content (AvgIpc) is 3.28. The number of fused-ring (bicyclic) bond motifs is 1. The number of aromatic nitrogens is 1. The Bertz CT molecular complexity index is 1380. The van der Waals surface area contributed by atoms with E-state index in [1.165, 1.54) is 6.20 Å². The van der Waals surface area contributed by atoms with Crippen LogP contribution >= 0.6 is 35.6 Å². The first kappa shape index (κ1) is 22.3. The number of nitrogens with zero attached hydrogens (tertiary/aromatic N) is 3. The number of hydrogen-bond donors (Lipinski definition) is 1. The number of carbonyl (C=O) groups excluding carboxylic acids is 3. The fraction of sp³-hybridized carbons (Fsp3) is 0.0417. The normalized spacial score (nSPS) is 17.4. The molecule has 10 heteroatoms. The first-order valence-electron chi connectivity index (χ1n) is 10.1. The molecule has 2 aromatic carbocycles. The molecule has 3 amide bonds. The molecule has 1 fully saturated rings. The number of thiocarbonyl (C=S) groups is 1. The van der Waals surface area contributed by atoms with E-state index >= 15 is 0 Å². The van der Waals surface area contributed by atoms with Crippen LogP contribution in [0.1, 0.15) is 21.5 Å². The van der Waals surface area contributed by atoms with Crippen molar-refractivity contribution in [1.29, 1.82) is 0 Å². The molecule has 2 aliphatic rings. The molecular formula is C24H15ClN4O3S2. The molecule has 0 saturated carbocycles. The second kappa shape index (κ2) is 9.02. The van der Waals surface area contributed by atoms with Gasteiger partial charge in [-0.05, 0) is 48.1 Å². The molecule has 0 bridgehead atoms. The largest absolute Gasteiger partial charge is 0.303 e. The van der Waals surface area contributed by atoms with Gasteiger partial charge in [0.25, 0.3) is 17.7 Å². The third kappa shape index (κ3) is 3.98. The van der Waals surface area contributed by atoms with E-state index in [-0.39, 0.29) is 26.3 Å². The van der Waals surface area contributed by atoms with Gasteiger partial charge in [-0.15, -0.1) is 0 Å². The first-order chi connectivity index (χ1) is 16.4. The fourth-order valence-corrected chi connectivity index (χ4v) is 5.08. The van der Waals surface area contributed by atoms with Gasteiger partial charge in [0.2, 0.25) is 0 Å². The van der Waals surface area contributed by atoms with E-state index in [9.17, 15) is 14.4 Å². The van der Waals surface area contributed by atoms with Crippen molar-refractivity contribution in [3.05, 3.63) is 99.7 Å². The molecule has 0 aliphatic carbocycles. The maximum atomic E-state index is 13.5. The lowest BCUT2D eigenvalue weighted by Gasteiger charge is -2.17. The summed E-state index contributed by atoms with van der Waals surface area (Å²) in [6, 6.07) is 17.7. The van der Waals surface area contributed by atoms with Crippen LogP contribution in [-0.2, 0) is 16.1 Å². The first-order valence-corrected chi connectivity index (χ1v) is 11.7. The Morgan fingerprint density at radius 1 is 1.03 bits per heavy atom. The van der Waals surface area contributed by atoms with Gasteiger partial charge in [-0.2, -0.15) is 5.01 Å². The summed E-state index contributed by atoms with van der Waals surface area (Å²) in [5.74, 6) is -1.40. The molecule has 168 valence electrons. The number of thioether (sulfide) groups is 1. The zero-order valence-corrected chi connectivity index (χ0v) is 19.8. The zero-order chi connectivity index (χ0) is 23.8. The van der Waals surface area contributed by atoms with E-state index in [2.05, 4.69) is 10.4 Å². The summed E-state index contributed by atoms with van der Waals surface area (Å²) in [6.45, 7) is 0.314. The van der Waals surface area contributed by atoms with E-state index in [4.69, 9.17) is 23.8 Å². The van der Waals surface area contributed by atoms with Crippen LogP contribution in [0.5, 0.6) is 0 Å². The van der Waals surface area contributed by atoms with Crippen LogP contribution in [0.4, 0.5) is 5.69 Å². The quantitative estimate of drug-likeness (QED) is 0.422. The van der Waals surface area contributed by atoms with Crippen molar-refractivity contribution in [2.24, 2.45) is 0 Å². The summed E-state index contributed by atoms with van der Waals surface area (Å²) in [5, 5.41) is 1.60. The van der Waals surface area contributed by atoms with Gasteiger partial charge in [-0.3, -0.25) is 24.8 Å². The molecule has 0 radical (unpaired) electrons. The van der Waals surface area contributed by atoms with Crippen molar-refractivity contribution in [1.82, 2.24) is 15.4 Å². The van der Waals surface area contributed by atoms with Gasteiger partial charge in [0.05, 0.1) is 28.3 Å². The molecule has 0 spiro atoms. The maximum absolute atomic E-state index is 13.5. The zero-order valence-electron chi connectivity index (χ0n) is 17.4. The van der Waals surface area contributed by atoms with E-state index in [1.54, 1.807) is 41.4 Å². The van der Waals surface area contributed by atoms with Crippen LogP contribution in [0.15, 0.2) is 78.0 Å². The van der Waals surface area contributed by atoms with Gasteiger partial charge in [-0.1, -0.05) is 53.7 Å². The fourth-order valence-electron chi connectivity index (χ4n) is 3.71. The number of carbonyl (C=O) groups is 3. The SMILES string of the molecule is O=C(NN1C(=O)C(=C2C(=O)N(Cc3ccc(Cl)cc3)c3ccccc32)SC1=S)c1cccnc1. The lowest BCUT2D eigenvalue weighted by atomic mass is 10.1. The summed E-state index contributed by atoms with van der Waals surface area (Å²) in [4.78, 5) is 45.1. The smallest absolute Gasteiger partial charge is 0.286 e. The van der Waals surface area contributed by atoms with Gasteiger partial charge in [0, 0.05) is 23.0 Å². The Kier molecular flexibility index (Phi) is 5.91. The molecule has 34 heavy (non-hydrogen) atoms. The Hall–Kier alpha value is -3.53. The lowest BCUT2D eigenvalue weighted by molar-refractivity contribution is -0.124. The van der Waals surface area contributed by atoms with Crippen molar-refractivity contribution in [2.75, 3.05) is 4.90 Å². The molecule has 0 atom stereocenters. The van der Waals surface area contributed by atoms with Crippen molar-refractivity contribution >= 4 is 68.9 Å². The van der Waals surface area contributed by atoms with Gasteiger partial charge in [-0.25, -0.2) is 0 Å². The molecule has 7 nitrogen and oxygen atoms in total. The third-order valence-electron chi connectivity index (χ3n) is 5.31. The summed E-state index contributed by atoms with van der Waals surface area (Å²) in [6.07, 6.45) is 2.93. The average molecular weight is 507 g/mol. The minimum Gasteiger partial charge on any atom is -0.303 e. The van der Waals surface area contributed by atoms with E-state index in [0.717, 1.165) is 22.3 Å². The van der Waals surface area contributed by atoms with Crippen molar-refractivity contribution in [3.8, 4) is 0 Å². The Labute approximate surface area is 209 Å². The molecule has 3 heterocycles. The number of nitrogens with one attached hydrogen (secondary N) is 1. The molecule has 3 aromatic rings. The van der Waals surface area contributed by atoms with Crippen LogP contribution in [0.3, 0.4) is 0 Å². The minimum atomic E-state index is -0.557. The molecule has 0 unspecified atom stereocenters. The van der Waals surface area contributed by atoms with Gasteiger partial charge in [0.1, 0.15) is 0 Å². The van der Waals surface area contributed by atoms with Crippen LogP contribution in [0, 0.1) is 0 Å². The predicted molar refractivity (Wildman–Crippen MR) is 135 cm³/mol. The highest BCUT2D eigenvalue weighted by molar-refractivity contribution is 8.26. The lowest BCUT2D eigenvalue weighted by Crippen LogP contribution is -2.45. The molecule has 1 aromatic heterocycles.